The summed E-state index contributed by atoms with van der Waals surface area (Å²) in [6, 6.07) is 6.73. The second-order valence-corrected chi connectivity index (χ2v) is 5.50. The molecule has 1 rings (SSSR count). The standard InChI is InChI=1S/C10H14ClNO3S/c11-6-3-7-16(14,15)12-10-5-2-1-4-9(10)8-13/h1-2,4-5,12-13H,3,6-8H2. The zero-order valence-electron chi connectivity index (χ0n) is 8.69. The van der Waals surface area contributed by atoms with Gasteiger partial charge in [0.1, 0.15) is 0 Å². The van der Waals surface area contributed by atoms with Gasteiger partial charge in [-0.2, -0.15) is 0 Å². The van der Waals surface area contributed by atoms with E-state index in [1.807, 2.05) is 0 Å². The third-order valence-corrected chi connectivity index (χ3v) is 3.62. The summed E-state index contributed by atoms with van der Waals surface area (Å²) in [5.41, 5.74) is 0.969. The molecule has 0 spiro atoms. The number of benzene rings is 1. The lowest BCUT2D eigenvalue weighted by Gasteiger charge is -2.10. The van der Waals surface area contributed by atoms with Crippen LogP contribution in [-0.2, 0) is 16.6 Å². The molecule has 1 aromatic carbocycles. The fraction of sp³-hybridized carbons (Fsp3) is 0.400. The number of alkyl halides is 1. The molecule has 0 saturated heterocycles. The van der Waals surface area contributed by atoms with E-state index in [0.717, 1.165) is 0 Å². The summed E-state index contributed by atoms with van der Waals surface area (Å²) < 4.78 is 25.6. The first kappa shape index (κ1) is 13.3. The highest BCUT2D eigenvalue weighted by molar-refractivity contribution is 7.92. The van der Waals surface area contributed by atoms with E-state index >= 15 is 0 Å². The summed E-state index contributed by atoms with van der Waals surface area (Å²) in [7, 11) is -3.37. The molecule has 0 saturated carbocycles. The molecule has 0 aliphatic rings. The number of para-hydroxylation sites is 1. The Bertz CT molecular complexity index is 433. The molecule has 6 heteroatoms. The summed E-state index contributed by atoms with van der Waals surface area (Å²) in [5, 5.41) is 9.04. The van der Waals surface area contributed by atoms with Crippen molar-refractivity contribution in [1.82, 2.24) is 0 Å². The first-order valence-electron chi connectivity index (χ1n) is 4.84. The fourth-order valence-electron chi connectivity index (χ4n) is 1.22. The number of rotatable bonds is 6. The molecule has 0 radical (unpaired) electrons. The Morgan fingerprint density at radius 3 is 2.62 bits per heavy atom. The minimum Gasteiger partial charge on any atom is -0.392 e. The van der Waals surface area contributed by atoms with Gasteiger partial charge in [-0.15, -0.1) is 11.6 Å². The number of nitrogens with one attached hydrogen (secondary N) is 1. The van der Waals surface area contributed by atoms with Crippen molar-refractivity contribution in [2.24, 2.45) is 0 Å². The Balaban J connectivity index is 2.79. The average molecular weight is 264 g/mol. The van der Waals surface area contributed by atoms with Gasteiger partial charge in [-0.05, 0) is 12.5 Å². The molecule has 4 nitrogen and oxygen atoms in total. The Morgan fingerprint density at radius 2 is 2.00 bits per heavy atom. The highest BCUT2D eigenvalue weighted by Gasteiger charge is 2.11. The van der Waals surface area contributed by atoms with E-state index in [2.05, 4.69) is 4.72 Å². The molecular weight excluding hydrogens is 250 g/mol. The van der Waals surface area contributed by atoms with Gasteiger partial charge < -0.3 is 5.11 Å². The van der Waals surface area contributed by atoms with Crippen molar-refractivity contribution in [3.8, 4) is 0 Å². The van der Waals surface area contributed by atoms with Crippen LogP contribution in [-0.4, -0.2) is 25.2 Å². The number of halogens is 1. The van der Waals surface area contributed by atoms with E-state index in [4.69, 9.17) is 16.7 Å². The van der Waals surface area contributed by atoms with Gasteiger partial charge in [0, 0.05) is 11.4 Å². The molecule has 0 atom stereocenters. The lowest BCUT2D eigenvalue weighted by Crippen LogP contribution is -2.18. The van der Waals surface area contributed by atoms with Crippen LogP contribution in [0.2, 0.25) is 0 Å². The van der Waals surface area contributed by atoms with Crippen molar-refractivity contribution in [2.45, 2.75) is 13.0 Å². The van der Waals surface area contributed by atoms with E-state index < -0.39 is 10.0 Å². The molecule has 0 heterocycles. The van der Waals surface area contributed by atoms with Crippen molar-refractivity contribution < 1.29 is 13.5 Å². The Labute approximate surface area is 100 Å². The predicted molar refractivity (Wildman–Crippen MR) is 65.1 cm³/mol. The molecule has 0 bridgehead atoms. The molecular formula is C10H14ClNO3S. The van der Waals surface area contributed by atoms with Crippen LogP contribution in [0.5, 0.6) is 0 Å². The van der Waals surface area contributed by atoms with Crippen LogP contribution < -0.4 is 4.72 Å². The lowest BCUT2D eigenvalue weighted by atomic mass is 10.2. The minimum atomic E-state index is -3.37. The lowest BCUT2D eigenvalue weighted by molar-refractivity contribution is 0.282. The van der Waals surface area contributed by atoms with E-state index in [0.29, 0.717) is 23.6 Å². The Morgan fingerprint density at radius 1 is 1.31 bits per heavy atom. The van der Waals surface area contributed by atoms with Crippen molar-refractivity contribution in [2.75, 3.05) is 16.4 Å². The molecule has 0 aliphatic carbocycles. The molecule has 0 amide bonds. The van der Waals surface area contributed by atoms with Crippen molar-refractivity contribution in [1.29, 1.82) is 0 Å². The summed E-state index contributed by atoms with van der Waals surface area (Å²) in [6.07, 6.45) is 0.401. The molecule has 2 N–H and O–H groups in total. The molecule has 1 aromatic rings. The van der Waals surface area contributed by atoms with Gasteiger partial charge >= 0.3 is 0 Å². The molecule has 0 unspecified atom stereocenters. The number of aliphatic hydroxyl groups is 1. The van der Waals surface area contributed by atoms with Crippen LogP contribution in [0.1, 0.15) is 12.0 Å². The number of aliphatic hydroxyl groups excluding tert-OH is 1. The number of hydrogen-bond acceptors (Lipinski definition) is 3. The summed E-state index contributed by atoms with van der Waals surface area (Å²) in [4.78, 5) is 0. The van der Waals surface area contributed by atoms with E-state index in [9.17, 15) is 8.42 Å². The monoisotopic (exact) mass is 263 g/mol. The van der Waals surface area contributed by atoms with Crippen molar-refractivity contribution >= 4 is 27.3 Å². The Hall–Kier alpha value is -0.780. The van der Waals surface area contributed by atoms with E-state index in [-0.39, 0.29) is 12.4 Å². The van der Waals surface area contributed by atoms with Gasteiger partial charge in [0.05, 0.1) is 18.0 Å². The second-order valence-electron chi connectivity index (χ2n) is 3.28. The minimum absolute atomic E-state index is 0.0176. The van der Waals surface area contributed by atoms with Gasteiger partial charge in [-0.3, -0.25) is 4.72 Å². The van der Waals surface area contributed by atoms with Gasteiger partial charge in [-0.1, -0.05) is 18.2 Å². The predicted octanol–water partition coefficient (Wildman–Crippen LogP) is 1.55. The van der Waals surface area contributed by atoms with Gasteiger partial charge in [0.2, 0.25) is 10.0 Å². The van der Waals surface area contributed by atoms with Crippen molar-refractivity contribution in [3.05, 3.63) is 29.8 Å². The second kappa shape index (κ2) is 6.08. The first-order chi connectivity index (χ1) is 7.59. The summed E-state index contributed by atoms with van der Waals surface area (Å²) in [6.45, 7) is -0.200. The van der Waals surface area contributed by atoms with E-state index in [1.54, 1.807) is 24.3 Å². The number of anilines is 1. The zero-order chi connectivity index (χ0) is 12.0. The fourth-order valence-corrected chi connectivity index (χ4v) is 2.67. The normalized spacial score (nSPS) is 11.4. The maximum Gasteiger partial charge on any atom is 0.232 e. The first-order valence-corrected chi connectivity index (χ1v) is 7.03. The van der Waals surface area contributed by atoms with Crippen LogP contribution >= 0.6 is 11.6 Å². The average Bonchev–Trinajstić information content (AvgIpc) is 2.27. The zero-order valence-corrected chi connectivity index (χ0v) is 10.3. The van der Waals surface area contributed by atoms with Gasteiger partial charge in [0.15, 0.2) is 0 Å². The van der Waals surface area contributed by atoms with E-state index in [1.165, 1.54) is 0 Å². The third kappa shape index (κ3) is 4.00. The molecule has 90 valence electrons. The van der Waals surface area contributed by atoms with Crippen molar-refractivity contribution in [3.63, 3.8) is 0 Å². The largest absolute Gasteiger partial charge is 0.392 e. The highest BCUT2D eigenvalue weighted by atomic mass is 35.5. The Kier molecular flexibility index (Phi) is 5.05. The molecule has 0 aromatic heterocycles. The van der Waals surface area contributed by atoms with Crippen LogP contribution in [0, 0.1) is 0 Å². The number of hydrogen-bond donors (Lipinski definition) is 2. The van der Waals surface area contributed by atoms with Crippen LogP contribution in [0.4, 0.5) is 5.69 Å². The molecule has 0 aliphatic heterocycles. The molecule has 16 heavy (non-hydrogen) atoms. The maximum atomic E-state index is 11.6. The van der Waals surface area contributed by atoms with Crippen LogP contribution in [0.15, 0.2) is 24.3 Å². The number of sulfonamides is 1. The quantitative estimate of drug-likeness (QED) is 0.766. The summed E-state index contributed by atoms with van der Waals surface area (Å²) in [5.74, 6) is 0.290. The third-order valence-electron chi connectivity index (χ3n) is 2.00. The smallest absolute Gasteiger partial charge is 0.232 e. The van der Waals surface area contributed by atoms with Gasteiger partial charge in [-0.25, -0.2) is 8.42 Å². The molecule has 0 fully saturated rings. The maximum absolute atomic E-state index is 11.6. The van der Waals surface area contributed by atoms with Gasteiger partial charge in [0.25, 0.3) is 0 Å². The van der Waals surface area contributed by atoms with Crippen LogP contribution in [0.25, 0.3) is 0 Å². The topological polar surface area (TPSA) is 66.4 Å². The van der Waals surface area contributed by atoms with Crippen LogP contribution in [0.3, 0.4) is 0 Å². The SMILES string of the molecule is O=S(=O)(CCCCl)Nc1ccccc1CO. The highest BCUT2D eigenvalue weighted by Crippen LogP contribution is 2.16. The summed E-state index contributed by atoms with van der Waals surface area (Å²) >= 11 is 5.44.